The summed E-state index contributed by atoms with van der Waals surface area (Å²) in [5.41, 5.74) is 3.94. The highest BCUT2D eigenvalue weighted by Crippen LogP contribution is 2.22. The van der Waals surface area contributed by atoms with Gasteiger partial charge in [0.2, 0.25) is 10.0 Å². The highest BCUT2D eigenvalue weighted by Gasteiger charge is 2.20. The highest BCUT2D eigenvalue weighted by molar-refractivity contribution is 7.89. The Morgan fingerprint density at radius 3 is 2.14 bits per heavy atom. The van der Waals surface area contributed by atoms with Crippen LogP contribution in [0.5, 0.6) is 0 Å². The van der Waals surface area contributed by atoms with Gasteiger partial charge < -0.3 is 5.32 Å². The van der Waals surface area contributed by atoms with Crippen LogP contribution in [0.2, 0.25) is 0 Å². The second-order valence-electron chi connectivity index (χ2n) is 8.06. The summed E-state index contributed by atoms with van der Waals surface area (Å²) in [6.45, 7) is 5.76. The van der Waals surface area contributed by atoms with Crippen molar-refractivity contribution in [2.24, 2.45) is 0 Å². The second kappa shape index (κ2) is 9.09. The van der Waals surface area contributed by atoms with Gasteiger partial charge in [0.1, 0.15) is 0 Å². The van der Waals surface area contributed by atoms with Gasteiger partial charge in [-0.2, -0.15) is 0 Å². The van der Waals surface area contributed by atoms with Crippen molar-refractivity contribution in [1.82, 2.24) is 10.0 Å². The van der Waals surface area contributed by atoms with E-state index in [1.165, 1.54) is 19.3 Å². The van der Waals surface area contributed by atoms with E-state index in [9.17, 15) is 13.2 Å². The minimum Gasteiger partial charge on any atom is -0.349 e. The van der Waals surface area contributed by atoms with Crippen molar-refractivity contribution in [3.8, 4) is 0 Å². The molecule has 1 aliphatic rings. The van der Waals surface area contributed by atoms with Crippen molar-refractivity contribution in [2.75, 3.05) is 0 Å². The van der Waals surface area contributed by atoms with E-state index in [4.69, 9.17) is 0 Å². The standard InChI is InChI=1S/C23H30N2O3S/c1-16-13-17(2)22(18(3)14-16)29(27,28)24-15-19-9-11-20(12-10-19)23(26)25-21-7-5-4-6-8-21/h9-14,21,24H,4-8,15H2,1-3H3,(H,25,26). The molecule has 2 aromatic rings. The molecule has 0 bridgehead atoms. The molecule has 2 aromatic carbocycles. The number of benzene rings is 2. The molecule has 1 saturated carbocycles. The van der Waals surface area contributed by atoms with Gasteiger partial charge in [-0.05, 0) is 62.4 Å². The van der Waals surface area contributed by atoms with E-state index in [1.54, 1.807) is 24.3 Å². The zero-order valence-electron chi connectivity index (χ0n) is 17.4. The first-order chi connectivity index (χ1) is 13.8. The average Bonchev–Trinajstić information content (AvgIpc) is 2.66. The lowest BCUT2D eigenvalue weighted by molar-refractivity contribution is 0.0927. The third-order valence-corrected chi connectivity index (χ3v) is 7.20. The molecule has 0 saturated heterocycles. The maximum Gasteiger partial charge on any atom is 0.251 e. The van der Waals surface area contributed by atoms with Crippen molar-refractivity contribution in [1.29, 1.82) is 0 Å². The van der Waals surface area contributed by atoms with Crippen LogP contribution < -0.4 is 10.0 Å². The lowest BCUT2D eigenvalue weighted by atomic mass is 9.95. The van der Waals surface area contributed by atoms with Crippen LogP contribution in [0.25, 0.3) is 0 Å². The summed E-state index contributed by atoms with van der Waals surface area (Å²) >= 11 is 0. The fourth-order valence-corrected chi connectivity index (χ4v) is 5.60. The van der Waals surface area contributed by atoms with Crippen LogP contribution >= 0.6 is 0 Å². The van der Waals surface area contributed by atoms with E-state index in [0.29, 0.717) is 10.5 Å². The van der Waals surface area contributed by atoms with Crippen LogP contribution in [-0.4, -0.2) is 20.4 Å². The Kier molecular flexibility index (Phi) is 6.75. The van der Waals surface area contributed by atoms with Crippen LogP contribution in [0, 0.1) is 20.8 Å². The molecule has 0 atom stereocenters. The first-order valence-electron chi connectivity index (χ1n) is 10.2. The van der Waals surface area contributed by atoms with Gasteiger partial charge in [0.15, 0.2) is 0 Å². The number of rotatable bonds is 6. The summed E-state index contributed by atoms with van der Waals surface area (Å²) in [5.74, 6) is -0.0602. The number of aryl methyl sites for hydroxylation is 3. The van der Waals surface area contributed by atoms with Gasteiger partial charge in [-0.3, -0.25) is 4.79 Å². The Labute approximate surface area is 174 Å². The van der Waals surface area contributed by atoms with Crippen LogP contribution in [-0.2, 0) is 16.6 Å². The number of sulfonamides is 1. The van der Waals surface area contributed by atoms with Gasteiger partial charge in [-0.25, -0.2) is 13.1 Å². The van der Waals surface area contributed by atoms with Crippen LogP contribution in [0.3, 0.4) is 0 Å². The van der Waals surface area contributed by atoms with Crippen LogP contribution in [0.1, 0.15) is 64.7 Å². The minimum absolute atomic E-state index is 0.0602. The van der Waals surface area contributed by atoms with Gasteiger partial charge in [0.25, 0.3) is 5.91 Å². The second-order valence-corrected chi connectivity index (χ2v) is 9.76. The normalized spacial score (nSPS) is 15.3. The van der Waals surface area contributed by atoms with E-state index in [-0.39, 0.29) is 18.5 Å². The first kappa shape index (κ1) is 21.5. The third-order valence-electron chi connectivity index (χ3n) is 5.50. The molecule has 0 heterocycles. The Morgan fingerprint density at radius 1 is 0.966 bits per heavy atom. The van der Waals surface area contributed by atoms with E-state index < -0.39 is 10.0 Å². The molecule has 156 valence electrons. The molecule has 1 aliphatic carbocycles. The number of amides is 1. The van der Waals surface area contributed by atoms with E-state index in [1.807, 2.05) is 32.9 Å². The zero-order valence-corrected chi connectivity index (χ0v) is 18.2. The van der Waals surface area contributed by atoms with E-state index in [0.717, 1.165) is 35.1 Å². The molecule has 0 spiro atoms. The summed E-state index contributed by atoms with van der Waals surface area (Å²) < 4.78 is 28.2. The van der Waals surface area contributed by atoms with Gasteiger partial charge in [-0.1, -0.05) is 49.1 Å². The molecule has 0 aromatic heterocycles. The number of hydrogen-bond donors (Lipinski definition) is 2. The molecule has 29 heavy (non-hydrogen) atoms. The predicted octanol–water partition coefficient (Wildman–Crippen LogP) is 4.15. The fourth-order valence-electron chi connectivity index (χ4n) is 4.13. The number of carbonyl (C=O) groups excluding carboxylic acids is 1. The van der Waals surface area contributed by atoms with Gasteiger partial charge in [-0.15, -0.1) is 0 Å². The van der Waals surface area contributed by atoms with Gasteiger partial charge >= 0.3 is 0 Å². The molecule has 6 heteroatoms. The SMILES string of the molecule is Cc1cc(C)c(S(=O)(=O)NCc2ccc(C(=O)NC3CCCCC3)cc2)c(C)c1. The van der Waals surface area contributed by atoms with Crippen molar-refractivity contribution in [3.05, 3.63) is 64.2 Å². The third kappa shape index (κ3) is 5.46. The summed E-state index contributed by atoms with van der Waals surface area (Å²) in [6, 6.07) is 11.1. The minimum atomic E-state index is -3.61. The number of nitrogens with one attached hydrogen (secondary N) is 2. The van der Waals surface area contributed by atoms with Crippen LogP contribution in [0.4, 0.5) is 0 Å². The van der Waals surface area contributed by atoms with Crippen molar-refractivity contribution < 1.29 is 13.2 Å². The zero-order chi connectivity index (χ0) is 21.0. The molecule has 0 aliphatic heterocycles. The van der Waals surface area contributed by atoms with E-state index in [2.05, 4.69) is 10.0 Å². The first-order valence-corrected chi connectivity index (χ1v) is 11.7. The Hall–Kier alpha value is -2.18. The molecule has 1 amide bonds. The number of hydrogen-bond acceptors (Lipinski definition) is 3. The van der Waals surface area contributed by atoms with Gasteiger partial charge in [0, 0.05) is 18.2 Å². The fraction of sp³-hybridized carbons (Fsp3) is 0.435. The topological polar surface area (TPSA) is 75.3 Å². The lowest BCUT2D eigenvalue weighted by Crippen LogP contribution is -2.36. The Balaban J connectivity index is 1.63. The maximum absolute atomic E-state index is 12.8. The van der Waals surface area contributed by atoms with Gasteiger partial charge in [0.05, 0.1) is 4.90 Å². The van der Waals surface area contributed by atoms with Crippen molar-refractivity contribution >= 4 is 15.9 Å². The molecule has 0 unspecified atom stereocenters. The highest BCUT2D eigenvalue weighted by atomic mass is 32.2. The number of carbonyl (C=O) groups is 1. The molecule has 3 rings (SSSR count). The monoisotopic (exact) mass is 414 g/mol. The quantitative estimate of drug-likeness (QED) is 0.745. The summed E-state index contributed by atoms with van der Waals surface area (Å²) in [7, 11) is -3.61. The average molecular weight is 415 g/mol. The Bertz CT molecular complexity index is 953. The maximum atomic E-state index is 12.8. The molecular weight excluding hydrogens is 384 g/mol. The Morgan fingerprint density at radius 2 is 1.55 bits per heavy atom. The molecular formula is C23H30N2O3S. The summed E-state index contributed by atoms with van der Waals surface area (Å²) in [6.07, 6.45) is 5.68. The van der Waals surface area contributed by atoms with E-state index >= 15 is 0 Å². The summed E-state index contributed by atoms with van der Waals surface area (Å²) in [5, 5.41) is 3.10. The predicted molar refractivity (Wildman–Crippen MR) is 115 cm³/mol. The lowest BCUT2D eigenvalue weighted by Gasteiger charge is -2.22. The molecule has 0 radical (unpaired) electrons. The largest absolute Gasteiger partial charge is 0.349 e. The summed E-state index contributed by atoms with van der Waals surface area (Å²) in [4.78, 5) is 12.7. The molecule has 2 N–H and O–H groups in total. The van der Waals surface area contributed by atoms with Crippen molar-refractivity contribution in [2.45, 2.75) is 70.4 Å². The van der Waals surface area contributed by atoms with Crippen LogP contribution in [0.15, 0.2) is 41.3 Å². The molecule has 5 nitrogen and oxygen atoms in total. The van der Waals surface area contributed by atoms with Crippen molar-refractivity contribution in [3.63, 3.8) is 0 Å². The molecule has 1 fully saturated rings. The smallest absolute Gasteiger partial charge is 0.251 e.